The molecule has 2 amide bonds. The SMILES string of the molecule is COc1cc(C(=O)N2CCN(C(=O)C3CC3)CC2)ccc1N. The molecule has 1 saturated carbocycles. The summed E-state index contributed by atoms with van der Waals surface area (Å²) in [4.78, 5) is 28.2. The minimum absolute atomic E-state index is 0.0446. The van der Waals surface area contributed by atoms with Gasteiger partial charge in [0.25, 0.3) is 5.91 Å². The number of anilines is 1. The fourth-order valence-corrected chi connectivity index (χ4v) is 2.75. The summed E-state index contributed by atoms with van der Waals surface area (Å²) in [5.41, 5.74) is 6.85. The number of nitrogen functional groups attached to an aromatic ring is 1. The van der Waals surface area contributed by atoms with E-state index in [4.69, 9.17) is 10.5 Å². The predicted molar refractivity (Wildman–Crippen MR) is 82.6 cm³/mol. The third kappa shape index (κ3) is 2.86. The highest BCUT2D eigenvalue weighted by atomic mass is 16.5. The molecule has 2 N–H and O–H groups in total. The van der Waals surface area contributed by atoms with E-state index in [0.29, 0.717) is 43.2 Å². The molecule has 2 fully saturated rings. The van der Waals surface area contributed by atoms with Crippen LogP contribution in [-0.2, 0) is 4.79 Å². The standard InChI is InChI=1S/C16H21N3O3/c1-22-14-10-12(4-5-13(14)17)16(21)19-8-6-18(7-9-19)15(20)11-2-3-11/h4-5,10-11H,2-3,6-9,17H2,1H3. The molecule has 0 radical (unpaired) electrons. The van der Waals surface area contributed by atoms with Crippen LogP contribution in [0.15, 0.2) is 18.2 Å². The number of ether oxygens (including phenoxy) is 1. The molecule has 6 nitrogen and oxygen atoms in total. The van der Waals surface area contributed by atoms with Gasteiger partial charge in [-0.2, -0.15) is 0 Å². The van der Waals surface area contributed by atoms with Gasteiger partial charge >= 0.3 is 0 Å². The highest BCUT2D eigenvalue weighted by Crippen LogP contribution is 2.31. The summed E-state index contributed by atoms with van der Waals surface area (Å²) >= 11 is 0. The van der Waals surface area contributed by atoms with Gasteiger partial charge in [-0.1, -0.05) is 0 Å². The van der Waals surface area contributed by atoms with Crippen LogP contribution >= 0.6 is 0 Å². The Hall–Kier alpha value is -2.24. The predicted octanol–water partition coefficient (Wildman–Crippen LogP) is 0.972. The van der Waals surface area contributed by atoms with E-state index in [0.717, 1.165) is 12.8 Å². The Bertz CT molecular complexity index is 590. The fraction of sp³-hybridized carbons (Fsp3) is 0.500. The molecule has 22 heavy (non-hydrogen) atoms. The number of nitrogens with two attached hydrogens (primary N) is 1. The van der Waals surface area contributed by atoms with Gasteiger partial charge < -0.3 is 20.3 Å². The molecule has 1 aromatic carbocycles. The van der Waals surface area contributed by atoms with Crippen LogP contribution in [0.5, 0.6) is 5.75 Å². The van der Waals surface area contributed by atoms with Crippen molar-refractivity contribution >= 4 is 17.5 Å². The summed E-state index contributed by atoms with van der Waals surface area (Å²) < 4.78 is 5.16. The quantitative estimate of drug-likeness (QED) is 0.844. The van der Waals surface area contributed by atoms with Crippen LogP contribution in [0.3, 0.4) is 0 Å². The Morgan fingerprint density at radius 3 is 2.36 bits per heavy atom. The lowest BCUT2D eigenvalue weighted by Crippen LogP contribution is -2.51. The molecule has 0 aromatic heterocycles. The largest absolute Gasteiger partial charge is 0.495 e. The summed E-state index contributed by atoms with van der Waals surface area (Å²) in [6.45, 7) is 2.38. The molecule has 6 heteroatoms. The van der Waals surface area contributed by atoms with Crippen LogP contribution in [0.4, 0.5) is 5.69 Å². The van der Waals surface area contributed by atoms with Crippen molar-refractivity contribution in [1.29, 1.82) is 0 Å². The van der Waals surface area contributed by atoms with Gasteiger partial charge in [0, 0.05) is 37.7 Å². The Balaban J connectivity index is 1.63. The van der Waals surface area contributed by atoms with E-state index in [9.17, 15) is 9.59 Å². The molecule has 1 heterocycles. The molecule has 0 bridgehead atoms. The van der Waals surface area contributed by atoms with Crippen LogP contribution in [0.1, 0.15) is 23.2 Å². The van der Waals surface area contributed by atoms with Crippen LogP contribution in [0, 0.1) is 5.92 Å². The molecule has 0 unspecified atom stereocenters. The minimum Gasteiger partial charge on any atom is -0.495 e. The first-order valence-corrected chi connectivity index (χ1v) is 7.61. The van der Waals surface area contributed by atoms with E-state index in [2.05, 4.69) is 0 Å². The third-order valence-electron chi connectivity index (χ3n) is 4.29. The molecule has 1 aliphatic carbocycles. The van der Waals surface area contributed by atoms with Crippen molar-refractivity contribution in [3.8, 4) is 5.75 Å². The van der Waals surface area contributed by atoms with Crippen LogP contribution in [-0.4, -0.2) is 54.9 Å². The van der Waals surface area contributed by atoms with Crippen molar-refractivity contribution in [2.45, 2.75) is 12.8 Å². The maximum atomic E-state index is 12.5. The number of piperazine rings is 1. The zero-order chi connectivity index (χ0) is 15.7. The number of hydrogen-bond donors (Lipinski definition) is 1. The molecule has 0 atom stereocenters. The van der Waals surface area contributed by atoms with E-state index in [1.54, 1.807) is 23.1 Å². The Morgan fingerprint density at radius 2 is 1.77 bits per heavy atom. The lowest BCUT2D eigenvalue weighted by atomic mass is 10.1. The number of amides is 2. The highest BCUT2D eigenvalue weighted by molar-refractivity contribution is 5.95. The molecule has 118 valence electrons. The zero-order valence-corrected chi connectivity index (χ0v) is 12.7. The summed E-state index contributed by atoms with van der Waals surface area (Å²) in [7, 11) is 1.53. The molecule has 2 aliphatic rings. The summed E-state index contributed by atoms with van der Waals surface area (Å²) in [5.74, 6) is 0.954. The second-order valence-electron chi connectivity index (χ2n) is 5.85. The number of nitrogens with zero attached hydrogens (tertiary/aromatic N) is 2. The number of carbonyl (C=O) groups excluding carboxylic acids is 2. The maximum Gasteiger partial charge on any atom is 0.254 e. The van der Waals surface area contributed by atoms with Crippen LogP contribution in [0.25, 0.3) is 0 Å². The lowest BCUT2D eigenvalue weighted by molar-refractivity contribution is -0.134. The van der Waals surface area contributed by atoms with Gasteiger partial charge in [-0.25, -0.2) is 0 Å². The number of methoxy groups -OCH3 is 1. The second kappa shape index (κ2) is 5.87. The summed E-state index contributed by atoms with van der Waals surface area (Å²) in [5, 5.41) is 0. The number of hydrogen-bond acceptors (Lipinski definition) is 4. The van der Waals surface area contributed by atoms with Crippen molar-refractivity contribution in [1.82, 2.24) is 9.80 Å². The van der Waals surface area contributed by atoms with E-state index in [-0.39, 0.29) is 17.7 Å². The van der Waals surface area contributed by atoms with Gasteiger partial charge in [0.2, 0.25) is 5.91 Å². The average Bonchev–Trinajstić information content (AvgIpc) is 3.39. The molecule has 3 rings (SSSR count). The van der Waals surface area contributed by atoms with Crippen LogP contribution in [0.2, 0.25) is 0 Å². The molecular weight excluding hydrogens is 282 g/mol. The number of rotatable bonds is 3. The summed E-state index contributed by atoms with van der Waals surface area (Å²) in [6, 6.07) is 5.06. The van der Waals surface area contributed by atoms with Gasteiger partial charge in [-0.05, 0) is 31.0 Å². The Kier molecular flexibility index (Phi) is 3.92. The van der Waals surface area contributed by atoms with Gasteiger partial charge in [0.05, 0.1) is 12.8 Å². The summed E-state index contributed by atoms with van der Waals surface area (Å²) in [6.07, 6.45) is 2.03. The normalized spacial score (nSPS) is 18.2. The Morgan fingerprint density at radius 1 is 1.14 bits per heavy atom. The monoisotopic (exact) mass is 303 g/mol. The molecule has 1 aliphatic heterocycles. The third-order valence-corrected chi connectivity index (χ3v) is 4.29. The van der Waals surface area contributed by atoms with Gasteiger partial charge in [0.1, 0.15) is 5.75 Å². The Labute approximate surface area is 129 Å². The van der Waals surface area contributed by atoms with Crippen molar-refractivity contribution in [3.05, 3.63) is 23.8 Å². The second-order valence-corrected chi connectivity index (χ2v) is 5.85. The van der Waals surface area contributed by atoms with Gasteiger partial charge in [-0.3, -0.25) is 9.59 Å². The van der Waals surface area contributed by atoms with Gasteiger partial charge in [-0.15, -0.1) is 0 Å². The average molecular weight is 303 g/mol. The minimum atomic E-state index is -0.0446. The maximum absolute atomic E-state index is 12.5. The van der Waals surface area contributed by atoms with Gasteiger partial charge in [0.15, 0.2) is 0 Å². The first-order chi connectivity index (χ1) is 10.6. The van der Waals surface area contributed by atoms with Crippen molar-refractivity contribution in [2.24, 2.45) is 5.92 Å². The highest BCUT2D eigenvalue weighted by Gasteiger charge is 2.35. The lowest BCUT2D eigenvalue weighted by Gasteiger charge is -2.35. The van der Waals surface area contributed by atoms with E-state index < -0.39 is 0 Å². The van der Waals surface area contributed by atoms with Crippen molar-refractivity contribution < 1.29 is 14.3 Å². The van der Waals surface area contributed by atoms with Crippen molar-refractivity contribution in [3.63, 3.8) is 0 Å². The molecule has 1 aromatic rings. The van der Waals surface area contributed by atoms with E-state index in [1.165, 1.54) is 7.11 Å². The fourth-order valence-electron chi connectivity index (χ4n) is 2.75. The van der Waals surface area contributed by atoms with Crippen LogP contribution < -0.4 is 10.5 Å². The molecule has 1 saturated heterocycles. The smallest absolute Gasteiger partial charge is 0.254 e. The van der Waals surface area contributed by atoms with E-state index in [1.807, 2.05) is 4.90 Å². The van der Waals surface area contributed by atoms with E-state index >= 15 is 0 Å². The molecular formula is C16H21N3O3. The number of carbonyl (C=O) groups is 2. The first kappa shape index (κ1) is 14.7. The molecule has 0 spiro atoms. The topological polar surface area (TPSA) is 75.9 Å². The zero-order valence-electron chi connectivity index (χ0n) is 12.7. The number of benzene rings is 1. The first-order valence-electron chi connectivity index (χ1n) is 7.61. The van der Waals surface area contributed by atoms with Crippen molar-refractivity contribution in [2.75, 3.05) is 39.0 Å².